The van der Waals surface area contributed by atoms with Crippen molar-refractivity contribution in [3.8, 4) is 0 Å². The Bertz CT molecular complexity index is 399. The Labute approximate surface area is 127 Å². The van der Waals surface area contributed by atoms with Crippen LogP contribution >= 0.6 is 11.3 Å². The fourth-order valence-corrected chi connectivity index (χ4v) is 3.03. The van der Waals surface area contributed by atoms with Crippen LogP contribution < -0.4 is 5.32 Å². The van der Waals surface area contributed by atoms with Crippen LogP contribution in [0.25, 0.3) is 0 Å². The van der Waals surface area contributed by atoms with Gasteiger partial charge in [-0.2, -0.15) is 0 Å². The van der Waals surface area contributed by atoms with Crippen molar-refractivity contribution in [2.45, 2.75) is 26.4 Å². The predicted molar refractivity (Wildman–Crippen MR) is 83.8 cm³/mol. The van der Waals surface area contributed by atoms with E-state index >= 15 is 0 Å². The summed E-state index contributed by atoms with van der Waals surface area (Å²) in [7, 11) is -0.748. The van der Waals surface area contributed by atoms with Crippen LogP contribution in [0.3, 0.4) is 0 Å². The summed E-state index contributed by atoms with van der Waals surface area (Å²) >= 11 is 1.64. The van der Waals surface area contributed by atoms with Crippen LogP contribution in [-0.4, -0.2) is 58.2 Å². The number of aliphatic hydroxyl groups is 1. The van der Waals surface area contributed by atoms with E-state index in [9.17, 15) is 9.32 Å². The minimum atomic E-state index is -0.748. The van der Waals surface area contributed by atoms with E-state index in [-0.39, 0.29) is 0 Å². The molecule has 5 nitrogen and oxygen atoms in total. The monoisotopic (exact) mass is 320 g/mol. The molecular formula is C13H24N2O3S2. The molecule has 7 heteroatoms. The average Bonchev–Trinajstić information content (AvgIpc) is 2.85. The Morgan fingerprint density at radius 1 is 1.60 bits per heavy atom. The number of aryl methyl sites for hydroxylation is 1. The van der Waals surface area contributed by atoms with Gasteiger partial charge in [0.15, 0.2) is 0 Å². The molecule has 0 amide bonds. The molecule has 1 heterocycles. The summed E-state index contributed by atoms with van der Waals surface area (Å²) in [5.41, 5.74) is 2.90. The van der Waals surface area contributed by atoms with Gasteiger partial charge in [0.1, 0.15) is 0 Å². The zero-order valence-electron chi connectivity index (χ0n) is 12.1. The highest BCUT2D eigenvalue weighted by Crippen LogP contribution is 2.12. The van der Waals surface area contributed by atoms with Crippen molar-refractivity contribution < 1.29 is 14.1 Å². The van der Waals surface area contributed by atoms with Crippen molar-refractivity contribution in [2.75, 3.05) is 37.8 Å². The molecule has 2 atom stereocenters. The standard InChI is InChI=1S/C13H24N2O3S2/c1-3-20(17)7-5-14-8-12(16)9-18-6-4-13-11(2)15-10-19-13/h10,12,14,16H,3-9H2,1-2H3. The molecule has 0 saturated heterocycles. The number of hydrogen-bond acceptors (Lipinski definition) is 6. The summed E-state index contributed by atoms with van der Waals surface area (Å²) in [6.07, 6.45) is 0.319. The minimum Gasteiger partial charge on any atom is -0.389 e. The molecule has 0 spiro atoms. The smallest absolute Gasteiger partial charge is 0.0897 e. The number of hydrogen-bond donors (Lipinski definition) is 2. The van der Waals surface area contributed by atoms with Crippen molar-refractivity contribution in [1.29, 1.82) is 0 Å². The Morgan fingerprint density at radius 2 is 2.40 bits per heavy atom. The molecule has 2 N–H and O–H groups in total. The fourth-order valence-electron chi connectivity index (χ4n) is 1.61. The van der Waals surface area contributed by atoms with E-state index in [1.165, 1.54) is 4.88 Å². The van der Waals surface area contributed by atoms with Crippen LogP contribution in [0, 0.1) is 6.92 Å². The van der Waals surface area contributed by atoms with Gasteiger partial charge in [-0.15, -0.1) is 11.3 Å². The second-order valence-corrected chi connectivity index (χ2v) is 7.28. The molecule has 0 radical (unpaired) electrons. The second kappa shape index (κ2) is 10.4. The van der Waals surface area contributed by atoms with Gasteiger partial charge in [0, 0.05) is 46.7 Å². The zero-order valence-corrected chi connectivity index (χ0v) is 13.8. The molecule has 20 heavy (non-hydrogen) atoms. The molecule has 2 unspecified atom stereocenters. The van der Waals surface area contributed by atoms with E-state index in [2.05, 4.69) is 10.3 Å². The van der Waals surface area contributed by atoms with E-state index in [4.69, 9.17) is 4.74 Å². The zero-order chi connectivity index (χ0) is 14.8. The van der Waals surface area contributed by atoms with Crippen molar-refractivity contribution >= 4 is 22.1 Å². The van der Waals surface area contributed by atoms with Gasteiger partial charge in [0.2, 0.25) is 0 Å². The van der Waals surface area contributed by atoms with Gasteiger partial charge in [0.05, 0.1) is 30.5 Å². The van der Waals surface area contributed by atoms with Crippen molar-refractivity contribution in [3.05, 3.63) is 16.1 Å². The summed E-state index contributed by atoms with van der Waals surface area (Å²) < 4.78 is 16.6. The maximum absolute atomic E-state index is 11.2. The predicted octanol–water partition coefficient (Wildman–Crippen LogP) is 0.730. The first-order valence-electron chi connectivity index (χ1n) is 6.84. The molecular weight excluding hydrogens is 296 g/mol. The normalized spacial score (nSPS) is 14.3. The molecule has 116 valence electrons. The number of aliphatic hydroxyl groups excluding tert-OH is 1. The van der Waals surface area contributed by atoms with Gasteiger partial charge in [-0.1, -0.05) is 6.92 Å². The highest BCUT2D eigenvalue weighted by molar-refractivity contribution is 7.84. The summed E-state index contributed by atoms with van der Waals surface area (Å²) in [5.74, 6) is 1.32. The van der Waals surface area contributed by atoms with Gasteiger partial charge in [-0.25, -0.2) is 4.98 Å². The minimum absolute atomic E-state index is 0.321. The average molecular weight is 320 g/mol. The Morgan fingerprint density at radius 3 is 3.05 bits per heavy atom. The number of rotatable bonds is 11. The van der Waals surface area contributed by atoms with E-state index in [0.717, 1.165) is 12.1 Å². The molecule has 1 aromatic rings. The van der Waals surface area contributed by atoms with Crippen molar-refractivity contribution in [1.82, 2.24) is 10.3 Å². The number of ether oxygens (including phenoxy) is 1. The SMILES string of the molecule is CCS(=O)CCNCC(O)COCCc1scnc1C. The van der Waals surface area contributed by atoms with E-state index < -0.39 is 16.9 Å². The number of nitrogens with one attached hydrogen (secondary N) is 1. The van der Waals surface area contributed by atoms with Gasteiger partial charge < -0.3 is 15.2 Å². The van der Waals surface area contributed by atoms with Crippen molar-refractivity contribution in [3.63, 3.8) is 0 Å². The lowest BCUT2D eigenvalue weighted by Gasteiger charge is -2.12. The molecule has 1 rings (SSSR count). The first-order chi connectivity index (χ1) is 9.63. The third-order valence-electron chi connectivity index (χ3n) is 2.84. The highest BCUT2D eigenvalue weighted by atomic mass is 32.2. The molecule has 0 bridgehead atoms. The van der Waals surface area contributed by atoms with E-state index in [1.807, 2.05) is 19.4 Å². The molecule has 0 aliphatic heterocycles. The lowest BCUT2D eigenvalue weighted by molar-refractivity contribution is 0.0388. The molecule has 0 aromatic carbocycles. The van der Waals surface area contributed by atoms with Gasteiger partial charge in [-0.3, -0.25) is 4.21 Å². The lowest BCUT2D eigenvalue weighted by atomic mass is 10.3. The molecule has 0 aliphatic carbocycles. The van der Waals surface area contributed by atoms with Gasteiger partial charge in [-0.05, 0) is 6.92 Å². The fraction of sp³-hybridized carbons (Fsp3) is 0.769. The number of aromatic nitrogens is 1. The Hall–Kier alpha value is -0.340. The Balaban J connectivity index is 1.99. The molecule has 0 fully saturated rings. The summed E-state index contributed by atoms with van der Waals surface area (Å²) in [6.45, 7) is 5.95. The van der Waals surface area contributed by atoms with Crippen LogP contribution in [0.1, 0.15) is 17.5 Å². The van der Waals surface area contributed by atoms with Crippen LogP contribution in [0.4, 0.5) is 0 Å². The quantitative estimate of drug-likeness (QED) is 0.588. The second-order valence-electron chi connectivity index (χ2n) is 4.48. The first-order valence-corrected chi connectivity index (χ1v) is 9.20. The van der Waals surface area contributed by atoms with Crippen LogP contribution in [-0.2, 0) is 22.0 Å². The Kier molecular flexibility index (Phi) is 9.21. The van der Waals surface area contributed by atoms with Crippen molar-refractivity contribution in [2.24, 2.45) is 0 Å². The van der Waals surface area contributed by atoms with Crippen LogP contribution in [0.5, 0.6) is 0 Å². The largest absolute Gasteiger partial charge is 0.389 e. The lowest BCUT2D eigenvalue weighted by Crippen LogP contribution is -2.33. The number of nitrogens with zero attached hydrogens (tertiary/aromatic N) is 1. The third-order valence-corrected chi connectivity index (χ3v) is 5.14. The molecule has 0 aliphatic rings. The number of thiazole rings is 1. The maximum atomic E-state index is 11.2. The van der Waals surface area contributed by atoms with Crippen LogP contribution in [0.15, 0.2) is 5.51 Å². The molecule has 1 aromatic heterocycles. The first kappa shape index (κ1) is 17.7. The van der Waals surface area contributed by atoms with Gasteiger partial charge in [0.25, 0.3) is 0 Å². The molecule has 0 saturated carbocycles. The summed E-state index contributed by atoms with van der Waals surface area (Å²) in [6, 6.07) is 0. The topological polar surface area (TPSA) is 71.5 Å². The summed E-state index contributed by atoms with van der Waals surface area (Å²) in [4.78, 5) is 5.42. The van der Waals surface area contributed by atoms with E-state index in [0.29, 0.717) is 37.8 Å². The van der Waals surface area contributed by atoms with E-state index in [1.54, 1.807) is 11.3 Å². The maximum Gasteiger partial charge on any atom is 0.0897 e. The highest BCUT2D eigenvalue weighted by Gasteiger charge is 2.05. The summed E-state index contributed by atoms with van der Waals surface area (Å²) in [5, 5.41) is 12.8. The van der Waals surface area contributed by atoms with Gasteiger partial charge >= 0.3 is 0 Å². The van der Waals surface area contributed by atoms with Crippen LogP contribution in [0.2, 0.25) is 0 Å². The third kappa shape index (κ3) is 7.44.